The second-order valence-electron chi connectivity index (χ2n) is 5.62. The Morgan fingerprint density at radius 3 is 2.15 bits per heavy atom. The fourth-order valence-electron chi connectivity index (χ4n) is 2.12. The molecule has 0 aliphatic rings. The molecule has 0 aliphatic heterocycles. The van der Waals surface area contributed by atoms with Crippen LogP contribution in [0, 0.1) is 23.5 Å². The van der Waals surface area contributed by atoms with Crippen LogP contribution in [0.4, 0.5) is 8.78 Å². The van der Waals surface area contributed by atoms with Gasteiger partial charge in [-0.15, -0.1) is 0 Å². The Labute approximate surface area is 153 Å². The summed E-state index contributed by atoms with van der Waals surface area (Å²) in [5, 5.41) is 20.4. The Morgan fingerprint density at radius 1 is 1.00 bits per heavy atom. The molecule has 6 nitrogen and oxygen atoms in total. The molecule has 140 valence electrons. The smallest absolute Gasteiger partial charge is 0.268 e. The van der Waals surface area contributed by atoms with E-state index in [4.69, 9.17) is 5.21 Å². The minimum Gasteiger partial charge on any atom is -0.391 e. The lowest BCUT2D eigenvalue weighted by atomic mass is 10.1. The zero-order valence-corrected chi connectivity index (χ0v) is 14.2. The van der Waals surface area contributed by atoms with Crippen LogP contribution in [-0.2, 0) is 4.79 Å². The molecular formula is C19H16F2N2O4. The number of aliphatic hydroxyl groups is 1. The predicted molar refractivity (Wildman–Crippen MR) is 91.6 cm³/mol. The number of carbonyl (C=O) groups is 2. The quantitative estimate of drug-likeness (QED) is 0.369. The summed E-state index contributed by atoms with van der Waals surface area (Å²) in [6.45, 7) is 1.29. The monoisotopic (exact) mass is 374 g/mol. The Bertz CT molecular complexity index is 902. The lowest BCUT2D eigenvalue weighted by Crippen LogP contribution is -2.51. The first-order valence-electron chi connectivity index (χ1n) is 7.82. The van der Waals surface area contributed by atoms with Gasteiger partial charge >= 0.3 is 0 Å². The van der Waals surface area contributed by atoms with Gasteiger partial charge in [0.2, 0.25) is 0 Å². The average Bonchev–Trinajstić information content (AvgIpc) is 2.66. The van der Waals surface area contributed by atoms with Gasteiger partial charge in [0.1, 0.15) is 6.04 Å². The molecule has 2 amide bonds. The first kappa shape index (κ1) is 20.0. The van der Waals surface area contributed by atoms with Gasteiger partial charge in [0.25, 0.3) is 11.8 Å². The van der Waals surface area contributed by atoms with E-state index in [1.165, 1.54) is 42.7 Å². The number of hydrogen-bond acceptors (Lipinski definition) is 4. The van der Waals surface area contributed by atoms with Crippen molar-refractivity contribution in [1.82, 2.24) is 10.8 Å². The molecule has 2 aromatic rings. The summed E-state index contributed by atoms with van der Waals surface area (Å²) in [4.78, 5) is 23.6. The Hall–Kier alpha value is -3.28. The van der Waals surface area contributed by atoms with Gasteiger partial charge in [-0.1, -0.05) is 11.8 Å². The number of rotatable bonds is 4. The van der Waals surface area contributed by atoms with Crippen molar-refractivity contribution < 1.29 is 28.7 Å². The highest BCUT2D eigenvalue weighted by molar-refractivity contribution is 5.97. The highest BCUT2D eigenvalue weighted by Crippen LogP contribution is 2.09. The molecule has 0 saturated carbocycles. The lowest BCUT2D eigenvalue weighted by molar-refractivity contribution is -0.133. The summed E-state index contributed by atoms with van der Waals surface area (Å²) in [7, 11) is 0. The third kappa shape index (κ3) is 5.34. The van der Waals surface area contributed by atoms with Crippen molar-refractivity contribution >= 4 is 11.8 Å². The number of carbonyl (C=O) groups excluding carboxylic acids is 2. The van der Waals surface area contributed by atoms with Gasteiger partial charge in [-0.3, -0.25) is 14.8 Å². The molecule has 0 bridgehead atoms. The van der Waals surface area contributed by atoms with Gasteiger partial charge in [-0.25, -0.2) is 14.3 Å². The van der Waals surface area contributed by atoms with Crippen LogP contribution in [0.3, 0.4) is 0 Å². The standard InChI is InChI=1S/C19H16F2N2O4/c1-11(24)17(19(26)23-27)22-18(25)14-7-4-12(5-8-14)2-3-13-6-9-15(20)16(21)10-13/h4-11,17,24,27H,1H3,(H,22,25)(H,23,26)/t11-,17+/m1/s1. The van der Waals surface area contributed by atoms with E-state index in [0.29, 0.717) is 11.1 Å². The number of hydroxylamine groups is 1. The van der Waals surface area contributed by atoms with Crippen molar-refractivity contribution in [2.24, 2.45) is 0 Å². The predicted octanol–water partition coefficient (Wildman–Crippen LogP) is 1.35. The lowest BCUT2D eigenvalue weighted by Gasteiger charge is -2.19. The van der Waals surface area contributed by atoms with Crippen LogP contribution in [-0.4, -0.2) is 34.3 Å². The van der Waals surface area contributed by atoms with E-state index in [1.807, 2.05) is 0 Å². The minimum atomic E-state index is -1.32. The van der Waals surface area contributed by atoms with Crippen LogP contribution in [0.15, 0.2) is 42.5 Å². The zero-order chi connectivity index (χ0) is 20.0. The van der Waals surface area contributed by atoms with Gasteiger partial charge in [0.15, 0.2) is 11.6 Å². The first-order chi connectivity index (χ1) is 12.8. The second-order valence-corrected chi connectivity index (χ2v) is 5.62. The zero-order valence-electron chi connectivity index (χ0n) is 14.2. The van der Waals surface area contributed by atoms with E-state index in [0.717, 1.165) is 12.1 Å². The molecule has 0 saturated heterocycles. The molecule has 0 spiro atoms. The van der Waals surface area contributed by atoms with Crippen LogP contribution >= 0.6 is 0 Å². The summed E-state index contributed by atoms with van der Waals surface area (Å²) in [6, 6.07) is 7.93. The maximum atomic E-state index is 13.1. The van der Waals surface area contributed by atoms with Gasteiger partial charge in [0.05, 0.1) is 6.10 Å². The Balaban J connectivity index is 2.10. The molecule has 2 aromatic carbocycles. The van der Waals surface area contributed by atoms with E-state index in [1.54, 1.807) is 0 Å². The van der Waals surface area contributed by atoms with Crippen molar-refractivity contribution in [3.8, 4) is 11.8 Å². The van der Waals surface area contributed by atoms with Crippen molar-refractivity contribution in [2.75, 3.05) is 0 Å². The molecule has 2 rings (SSSR count). The van der Waals surface area contributed by atoms with Crippen LogP contribution in [0.2, 0.25) is 0 Å². The first-order valence-corrected chi connectivity index (χ1v) is 7.82. The number of amides is 2. The van der Waals surface area contributed by atoms with E-state index in [2.05, 4.69) is 17.2 Å². The number of aliphatic hydroxyl groups excluding tert-OH is 1. The van der Waals surface area contributed by atoms with E-state index < -0.39 is 35.6 Å². The van der Waals surface area contributed by atoms with Crippen molar-refractivity contribution in [2.45, 2.75) is 19.1 Å². The minimum absolute atomic E-state index is 0.199. The van der Waals surface area contributed by atoms with Gasteiger partial charge in [-0.2, -0.15) is 0 Å². The largest absolute Gasteiger partial charge is 0.391 e. The number of nitrogens with one attached hydrogen (secondary N) is 2. The number of halogens is 2. The maximum absolute atomic E-state index is 13.1. The molecule has 0 fully saturated rings. The van der Waals surface area contributed by atoms with Crippen LogP contribution in [0.25, 0.3) is 0 Å². The van der Waals surface area contributed by atoms with E-state index in [9.17, 15) is 23.5 Å². The summed E-state index contributed by atoms with van der Waals surface area (Å²) in [5.41, 5.74) is 2.39. The molecule has 0 aromatic heterocycles. The van der Waals surface area contributed by atoms with Crippen molar-refractivity contribution in [3.63, 3.8) is 0 Å². The topological polar surface area (TPSA) is 98.7 Å². The second kappa shape index (κ2) is 8.89. The Morgan fingerprint density at radius 2 is 1.59 bits per heavy atom. The molecule has 2 atom stereocenters. The molecule has 0 heterocycles. The summed E-state index contributed by atoms with van der Waals surface area (Å²) in [5.74, 6) is 1.89. The fourth-order valence-corrected chi connectivity index (χ4v) is 2.12. The highest BCUT2D eigenvalue weighted by Gasteiger charge is 2.25. The van der Waals surface area contributed by atoms with Gasteiger partial charge in [0, 0.05) is 16.7 Å². The molecule has 0 radical (unpaired) electrons. The van der Waals surface area contributed by atoms with Crippen LogP contribution < -0.4 is 10.8 Å². The van der Waals surface area contributed by atoms with Crippen molar-refractivity contribution in [3.05, 3.63) is 70.8 Å². The van der Waals surface area contributed by atoms with E-state index >= 15 is 0 Å². The van der Waals surface area contributed by atoms with Gasteiger partial charge < -0.3 is 10.4 Å². The SMILES string of the molecule is C[C@@H](O)[C@H](NC(=O)c1ccc(C#Cc2ccc(F)c(F)c2)cc1)C(=O)NO. The molecule has 4 N–H and O–H groups in total. The normalized spacial score (nSPS) is 12.3. The molecule has 0 aliphatic carbocycles. The van der Waals surface area contributed by atoms with E-state index in [-0.39, 0.29) is 5.56 Å². The highest BCUT2D eigenvalue weighted by atomic mass is 19.2. The number of hydrogen-bond donors (Lipinski definition) is 4. The average molecular weight is 374 g/mol. The molecule has 8 heteroatoms. The summed E-state index contributed by atoms with van der Waals surface area (Å²) >= 11 is 0. The fraction of sp³-hybridized carbons (Fsp3) is 0.158. The van der Waals surface area contributed by atoms with Gasteiger partial charge in [-0.05, 0) is 49.4 Å². The third-order valence-electron chi connectivity index (χ3n) is 3.58. The van der Waals surface area contributed by atoms with Crippen LogP contribution in [0.5, 0.6) is 0 Å². The molecular weight excluding hydrogens is 358 g/mol. The maximum Gasteiger partial charge on any atom is 0.268 e. The molecule has 27 heavy (non-hydrogen) atoms. The summed E-state index contributed by atoms with van der Waals surface area (Å²) < 4.78 is 26.0. The number of benzene rings is 2. The third-order valence-corrected chi connectivity index (χ3v) is 3.58. The summed E-state index contributed by atoms with van der Waals surface area (Å²) in [6.07, 6.45) is -1.22. The Kier molecular flexibility index (Phi) is 6.60. The van der Waals surface area contributed by atoms with Crippen LogP contribution in [0.1, 0.15) is 28.4 Å². The molecule has 0 unspecified atom stereocenters. The van der Waals surface area contributed by atoms with Crippen molar-refractivity contribution in [1.29, 1.82) is 0 Å².